The van der Waals surface area contributed by atoms with Gasteiger partial charge in [0, 0.05) is 22.9 Å². The molecule has 10 heteroatoms. The quantitative estimate of drug-likeness (QED) is 0.0301. The number of carbonyl (C=O) groups excluding carboxylic acids is 1. The van der Waals surface area contributed by atoms with Gasteiger partial charge in [-0.25, -0.2) is 4.79 Å². The van der Waals surface area contributed by atoms with E-state index in [4.69, 9.17) is 38.1 Å². The summed E-state index contributed by atoms with van der Waals surface area (Å²) < 4.78 is 27.0. The number of nitrogens with zero attached hydrogens (tertiary/aromatic N) is 2. The number of carbonyl (C=O) groups is 1. The number of esters is 1. The normalized spacial score (nSPS) is 11.0. The Labute approximate surface area is 229 Å². The van der Waals surface area contributed by atoms with Crippen molar-refractivity contribution in [1.29, 1.82) is 10.5 Å². The molecule has 4 rings (SSSR count). The zero-order valence-corrected chi connectivity index (χ0v) is 21.3. The lowest BCUT2D eigenvalue weighted by molar-refractivity contribution is -0.263. The van der Waals surface area contributed by atoms with Gasteiger partial charge in [0.05, 0.1) is 26.4 Å². The van der Waals surface area contributed by atoms with Crippen LogP contribution in [0.1, 0.15) is 11.5 Å². The van der Waals surface area contributed by atoms with E-state index >= 15 is 0 Å². The molecule has 202 valence electrons. The second kappa shape index (κ2) is 14.7. The molecule has 0 saturated heterocycles. The van der Waals surface area contributed by atoms with Crippen LogP contribution in [0.25, 0.3) is 34.1 Å². The monoisotopic (exact) mass is 540 g/mol. The van der Waals surface area contributed by atoms with Crippen LogP contribution >= 0.6 is 0 Å². The number of rotatable bonds is 14. The Hall–Kier alpha value is -5.09. The summed E-state index contributed by atoms with van der Waals surface area (Å²) in [7, 11) is 0. The van der Waals surface area contributed by atoms with E-state index in [-0.39, 0.29) is 51.0 Å². The molecule has 2 heterocycles. The molecule has 0 saturated carbocycles. The Kier molecular flexibility index (Phi) is 10.3. The molecular weight excluding hydrogens is 516 g/mol. The molecule has 0 spiro atoms. The predicted molar refractivity (Wildman–Crippen MR) is 143 cm³/mol. The highest BCUT2D eigenvalue weighted by Crippen LogP contribution is 2.21. The zero-order chi connectivity index (χ0) is 28.0. The van der Waals surface area contributed by atoms with Crippen LogP contribution in [-0.2, 0) is 28.8 Å². The van der Waals surface area contributed by atoms with Crippen LogP contribution in [0, 0.1) is 22.7 Å². The fourth-order valence-corrected chi connectivity index (χ4v) is 3.42. The van der Waals surface area contributed by atoms with E-state index in [1.54, 1.807) is 12.1 Å². The lowest BCUT2D eigenvalue weighted by Gasteiger charge is -2.07. The van der Waals surface area contributed by atoms with E-state index in [1.165, 1.54) is 12.2 Å². The second-order valence-electron chi connectivity index (χ2n) is 8.04. The number of allylic oxidation sites excluding steroid dienone is 1. The minimum atomic E-state index is -0.766. The van der Waals surface area contributed by atoms with E-state index in [1.807, 2.05) is 60.7 Å². The number of hydrogen-bond acceptors (Lipinski definition) is 10. The molecule has 2 aromatic heterocycles. The Morgan fingerprint density at radius 1 is 0.775 bits per heavy atom. The van der Waals surface area contributed by atoms with Gasteiger partial charge in [-0.3, -0.25) is 0 Å². The van der Waals surface area contributed by atoms with Crippen molar-refractivity contribution in [3.63, 3.8) is 0 Å². The molecule has 10 nitrogen and oxygen atoms in total. The van der Waals surface area contributed by atoms with Crippen LogP contribution in [0.4, 0.5) is 0 Å². The summed E-state index contributed by atoms with van der Waals surface area (Å²) in [6.45, 7) is 0.888. The number of ether oxygens (including phenoxy) is 3. The van der Waals surface area contributed by atoms with E-state index in [9.17, 15) is 10.1 Å². The summed E-state index contributed by atoms with van der Waals surface area (Å²) in [6, 6.07) is 22.1. The maximum Gasteiger partial charge on any atom is 0.349 e. The van der Waals surface area contributed by atoms with Gasteiger partial charge in [0.2, 0.25) is 0 Å². The molecule has 0 aliphatic rings. The molecule has 0 fully saturated rings. The summed E-state index contributed by atoms with van der Waals surface area (Å²) in [6.07, 6.45) is 2.83. The molecule has 0 unspecified atom stereocenters. The molecule has 0 amide bonds. The fourth-order valence-electron chi connectivity index (χ4n) is 3.42. The first-order valence-electron chi connectivity index (χ1n) is 12.2. The fraction of sp³-hybridized carbons (Fsp3) is 0.200. The first kappa shape index (κ1) is 27.9. The molecule has 40 heavy (non-hydrogen) atoms. The van der Waals surface area contributed by atoms with Crippen molar-refractivity contribution >= 4 is 40.1 Å². The first-order valence-corrected chi connectivity index (χ1v) is 12.2. The van der Waals surface area contributed by atoms with Crippen LogP contribution < -0.4 is 0 Å². The van der Waals surface area contributed by atoms with Gasteiger partial charge in [-0.15, -0.1) is 0 Å². The van der Waals surface area contributed by atoms with Gasteiger partial charge in [-0.05, 0) is 24.3 Å². The second-order valence-corrected chi connectivity index (χ2v) is 8.04. The SMILES string of the molecule is N#CC(=C=Cc1cc2ccccc2o1)OOCCOCCOCCOC(=O)/C(C#N)=C\c1cc2ccccc2o1. The minimum Gasteiger partial charge on any atom is -0.459 e. The molecule has 0 N–H and O–H groups in total. The number of nitriles is 2. The van der Waals surface area contributed by atoms with Crippen molar-refractivity contribution < 1.29 is 37.6 Å². The van der Waals surface area contributed by atoms with Crippen LogP contribution in [0.2, 0.25) is 0 Å². The van der Waals surface area contributed by atoms with Crippen LogP contribution in [0.5, 0.6) is 0 Å². The predicted octanol–water partition coefficient (Wildman–Crippen LogP) is 5.33. The van der Waals surface area contributed by atoms with Crippen molar-refractivity contribution in [2.45, 2.75) is 0 Å². The maximum absolute atomic E-state index is 12.2. The third-order valence-corrected chi connectivity index (χ3v) is 5.25. The third-order valence-electron chi connectivity index (χ3n) is 5.25. The number of furan rings is 2. The number of benzene rings is 2. The van der Waals surface area contributed by atoms with Crippen molar-refractivity contribution in [3.8, 4) is 12.1 Å². The first-order chi connectivity index (χ1) is 19.7. The Morgan fingerprint density at radius 3 is 2.02 bits per heavy atom. The van der Waals surface area contributed by atoms with Gasteiger partial charge in [-0.2, -0.15) is 15.4 Å². The number of para-hydroxylation sites is 2. The van der Waals surface area contributed by atoms with Gasteiger partial charge in [0.25, 0.3) is 5.76 Å². The van der Waals surface area contributed by atoms with Crippen molar-refractivity contribution in [2.24, 2.45) is 0 Å². The smallest absolute Gasteiger partial charge is 0.349 e. The third kappa shape index (κ3) is 8.20. The van der Waals surface area contributed by atoms with Crippen molar-refractivity contribution in [3.05, 3.63) is 89.2 Å². The van der Waals surface area contributed by atoms with E-state index in [0.717, 1.165) is 16.4 Å². The van der Waals surface area contributed by atoms with E-state index < -0.39 is 5.97 Å². The highest BCUT2D eigenvalue weighted by Gasteiger charge is 2.12. The van der Waals surface area contributed by atoms with Gasteiger partial charge in [0.1, 0.15) is 47.5 Å². The summed E-state index contributed by atoms with van der Waals surface area (Å²) >= 11 is 0. The highest BCUT2D eigenvalue weighted by atomic mass is 17.2. The van der Waals surface area contributed by atoms with Crippen LogP contribution in [-0.4, -0.2) is 45.6 Å². The van der Waals surface area contributed by atoms with E-state index in [2.05, 4.69) is 5.73 Å². The van der Waals surface area contributed by atoms with Crippen molar-refractivity contribution in [2.75, 3.05) is 39.6 Å². The van der Waals surface area contributed by atoms with Gasteiger partial charge >= 0.3 is 5.97 Å². The standard InChI is InChI=1S/C30H24N2O8/c31-20-24(19-27-18-23-6-2-4-8-29(23)39-27)30(33)36-15-13-34-11-12-35-14-16-37-40-26(21-32)10-9-25-17-22-5-1-3-7-28(22)38-25/h1-9,17-19H,11-16H2/b24-19-. The maximum atomic E-state index is 12.2. The summed E-state index contributed by atoms with van der Waals surface area (Å²) in [5.74, 6) is -0.0137. The average Bonchev–Trinajstić information content (AvgIpc) is 3.59. The summed E-state index contributed by atoms with van der Waals surface area (Å²) in [5.41, 5.74) is 3.89. The molecule has 0 atom stereocenters. The van der Waals surface area contributed by atoms with Crippen molar-refractivity contribution in [1.82, 2.24) is 0 Å². The molecule has 0 radical (unpaired) electrons. The number of hydrogen-bond donors (Lipinski definition) is 0. The van der Waals surface area contributed by atoms with Crippen LogP contribution in [0.3, 0.4) is 0 Å². The molecule has 0 aliphatic heterocycles. The zero-order valence-electron chi connectivity index (χ0n) is 21.3. The Bertz CT molecular complexity index is 1560. The van der Waals surface area contributed by atoms with Gasteiger partial charge in [-0.1, -0.05) is 42.1 Å². The van der Waals surface area contributed by atoms with Gasteiger partial charge < -0.3 is 27.9 Å². The highest BCUT2D eigenvalue weighted by molar-refractivity contribution is 5.98. The summed E-state index contributed by atoms with van der Waals surface area (Å²) in [5, 5.41) is 20.2. The molecule has 4 aromatic rings. The Morgan fingerprint density at radius 2 is 1.38 bits per heavy atom. The lowest BCUT2D eigenvalue weighted by atomic mass is 10.2. The number of fused-ring (bicyclic) bond motifs is 2. The summed E-state index contributed by atoms with van der Waals surface area (Å²) in [4.78, 5) is 22.0. The molecule has 2 aromatic carbocycles. The minimum absolute atomic E-state index is 0.0280. The van der Waals surface area contributed by atoms with E-state index in [0.29, 0.717) is 17.1 Å². The van der Waals surface area contributed by atoms with Crippen LogP contribution in [0.15, 0.2) is 86.6 Å². The topological polar surface area (TPSA) is 137 Å². The molecule has 0 aliphatic carbocycles. The molecular formula is C30H24N2O8. The average molecular weight is 541 g/mol. The Balaban J connectivity index is 1.05. The largest absolute Gasteiger partial charge is 0.459 e. The van der Waals surface area contributed by atoms with Gasteiger partial charge in [0.15, 0.2) is 6.07 Å². The lowest BCUT2D eigenvalue weighted by Crippen LogP contribution is -2.14. The molecule has 0 bridgehead atoms.